The minimum absolute atomic E-state index is 0.571. The normalized spacial score (nSPS) is 58.6. The van der Waals surface area contributed by atoms with Crippen LogP contribution in [0, 0.1) is 35.5 Å². The molecule has 1 heterocycles. The van der Waals surface area contributed by atoms with Gasteiger partial charge in [-0.05, 0) is 61.2 Å². The number of alkyl halides is 1. The third-order valence-corrected chi connectivity index (χ3v) is 7.03. The summed E-state index contributed by atoms with van der Waals surface area (Å²) in [6.07, 6.45) is 5.68. The molecule has 0 aromatic rings. The van der Waals surface area contributed by atoms with Crippen molar-refractivity contribution in [3.8, 4) is 0 Å². The Morgan fingerprint density at radius 2 is 1.59 bits per heavy atom. The third kappa shape index (κ3) is 2.00. The van der Waals surface area contributed by atoms with E-state index < -0.39 is 0 Å². The molecule has 1 saturated heterocycles. The van der Waals surface area contributed by atoms with Gasteiger partial charge < -0.3 is 5.32 Å². The van der Waals surface area contributed by atoms with E-state index in [1.807, 2.05) is 0 Å². The molecule has 8 unspecified atom stereocenters. The molecule has 0 spiro atoms. The van der Waals surface area contributed by atoms with Crippen molar-refractivity contribution in [3.05, 3.63) is 0 Å². The number of halogens is 1. The lowest BCUT2D eigenvalue weighted by molar-refractivity contribution is 0.0486. The average molecular weight is 300 g/mol. The van der Waals surface area contributed by atoms with Crippen LogP contribution in [0.5, 0.6) is 0 Å². The second kappa shape index (κ2) is 4.52. The van der Waals surface area contributed by atoms with Gasteiger partial charge in [0.15, 0.2) is 0 Å². The van der Waals surface area contributed by atoms with Crippen LogP contribution >= 0.6 is 15.9 Å². The van der Waals surface area contributed by atoms with Gasteiger partial charge >= 0.3 is 0 Å². The Balaban J connectivity index is 1.80. The van der Waals surface area contributed by atoms with Gasteiger partial charge in [-0.1, -0.05) is 36.7 Å². The van der Waals surface area contributed by atoms with E-state index in [0.29, 0.717) is 4.95 Å². The Morgan fingerprint density at radius 1 is 0.882 bits per heavy atom. The van der Waals surface area contributed by atoms with E-state index in [1.54, 1.807) is 0 Å². The Kier molecular flexibility index (Phi) is 3.32. The molecule has 0 bridgehead atoms. The first kappa shape index (κ1) is 12.5. The third-order valence-electron chi connectivity index (χ3n) is 6.31. The molecule has 98 valence electrons. The second-order valence-corrected chi connectivity index (χ2v) is 8.08. The van der Waals surface area contributed by atoms with Crippen LogP contribution in [0.25, 0.3) is 0 Å². The first-order valence-electron chi connectivity index (χ1n) is 7.48. The monoisotopic (exact) mass is 299 g/mol. The van der Waals surface area contributed by atoms with Crippen molar-refractivity contribution in [3.63, 3.8) is 0 Å². The van der Waals surface area contributed by atoms with Crippen molar-refractivity contribution in [1.82, 2.24) is 5.32 Å². The van der Waals surface area contributed by atoms with Gasteiger partial charge in [0, 0.05) is 6.04 Å². The predicted molar refractivity (Wildman–Crippen MR) is 76.1 cm³/mol. The number of fused-ring (bicyclic) bond motifs is 2. The van der Waals surface area contributed by atoms with Gasteiger partial charge in [-0.3, -0.25) is 0 Å². The van der Waals surface area contributed by atoms with Crippen molar-refractivity contribution in [2.24, 2.45) is 35.5 Å². The summed E-state index contributed by atoms with van der Waals surface area (Å²) in [6.45, 7) is 7.51. The van der Waals surface area contributed by atoms with E-state index in [1.165, 1.54) is 25.7 Å². The molecular formula is C15H26BrN. The van der Waals surface area contributed by atoms with Gasteiger partial charge in [0.25, 0.3) is 0 Å². The maximum absolute atomic E-state index is 3.81. The zero-order valence-corrected chi connectivity index (χ0v) is 12.9. The highest BCUT2D eigenvalue weighted by Crippen LogP contribution is 2.54. The molecule has 0 amide bonds. The van der Waals surface area contributed by atoms with E-state index in [2.05, 4.69) is 42.0 Å². The molecule has 3 fully saturated rings. The Hall–Kier alpha value is 0.440. The van der Waals surface area contributed by atoms with Crippen LogP contribution < -0.4 is 5.32 Å². The number of nitrogens with one attached hydrogen (secondary N) is 1. The maximum Gasteiger partial charge on any atom is 0.0632 e. The lowest BCUT2D eigenvalue weighted by Gasteiger charge is -2.48. The molecule has 2 aliphatic carbocycles. The van der Waals surface area contributed by atoms with Gasteiger partial charge in [0.05, 0.1) is 4.95 Å². The van der Waals surface area contributed by atoms with Gasteiger partial charge in [-0.15, -0.1) is 0 Å². The smallest absolute Gasteiger partial charge is 0.0632 e. The number of hydrogen-bond acceptors (Lipinski definition) is 1. The molecule has 2 heteroatoms. The topological polar surface area (TPSA) is 12.0 Å². The molecule has 1 aliphatic heterocycles. The molecule has 0 aromatic carbocycles. The summed E-state index contributed by atoms with van der Waals surface area (Å²) < 4.78 is 0. The van der Waals surface area contributed by atoms with Crippen molar-refractivity contribution in [2.45, 2.75) is 57.4 Å². The lowest BCUT2D eigenvalue weighted by Crippen LogP contribution is -2.53. The van der Waals surface area contributed by atoms with Crippen LogP contribution in [0.4, 0.5) is 0 Å². The molecule has 2 saturated carbocycles. The lowest BCUT2D eigenvalue weighted by atomic mass is 9.63. The van der Waals surface area contributed by atoms with E-state index in [-0.39, 0.29) is 0 Å². The van der Waals surface area contributed by atoms with Gasteiger partial charge in [0.2, 0.25) is 0 Å². The fourth-order valence-electron chi connectivity index (χ4n) is 5.09. The largest absolute Gasteiger partial charge is 0.302 e. The molecule has 17 heavy (non-hydrogen) atoms. The van der Waals surface area contributed by atoms with Crippen molar-refractivity contribution in [2.75, 3.05) is 0 Å². The summed E-state index contributed by atoms with van der Waals surface area (Å²) in [7, 11) is 0. The fourth-order valence-corrected chi connectivity index (χ4v) is 5.69. The quantitative estimate of drug-likeness (QED) is 0.526. The van der Waals surface area contributed by atoms with Crippen LogP contribution in [0.2, 0.25) is 0 Å². The number of hydrogen-bond donors (Lipinski definition) is 1. The fraction of sp³-hybridized carbons (Fsp3) is 1.00. The molecule has 0 radical (unpaired) electrons. The molecular weight excluding hydrogens is 274 g/mol. The highest BCUT2D eigenvalue weighted by Gasteiger charge is 2.50. The SMILES string of the molecule is CC1CC2C(C)C3CCC(Br)NC3CC2C1C. The van der Waals surface area contributed by atoms with Crippen LogP contribution in [0.15, 0.2) is 0 Å². The van der Waals surface area contributed by atoms with Crippen LogP contribution in [0.1, 0.15) is 46.5 Å². The Labute approximate surface area is 114 Å². The maximum atomic E-state index is 3.81. The van der Waals surface area contributed by atoms with E-state index >= 15 is 0 Å². The molecule has 8 atom stereocenters. The minimum Gasteiger partial charge on any atom is -0.302 e. The standard InChI is InChI=1S/C15H26BrN/c1-8-6-12-10(3)11-4-5-15(16)17-14(11)7-13(12)9(8)2/h8-15,17H,4-7H2,1-3H3. The second-order valence-electron chi connectivity index (χ2n) is 6.98. The molecule has 1 N–H and O–H groups in total. The van der Waals surface area contributed by atoms with Gasteiger partial charge in [-0.25, -0.2) is 0 Å². The summed E-state index contributed by atoms with van der Waals surface area (Å²) >= 11 is 3.76. The van der Waals surface area contributed by atoms with Gasteiger partial charge in [-0.2, -0.15) is 0 Å². The Bertz CT molecular complexity index is 291. The van der Waals surface area contributed by atoms with Gasteiger partial charge in [0.1, 0.15) is 0 Å². The van der Waals surface area contributed by atoms with E-state index in [4.69, 9.17) is 0 Å². The van der Waals surface area contributed by atoms with Crippen LogP contribution in [-0.4, -0.2) is 11.0 Å². The van der Waals surface area contributed by atoms with Crippen LogP contribution in [-0.2, 0) is 0 Å². The Morgan fingerprint density at radius 3 is 2.35 bits per heavy atom. The number of piperidine rings is 1. The van der Waals surface area contributed by atoms with E-state index in [9.17, 15) is 0 Å². The van der Waals surface area contributed by atoms with Crippen molar-refractivity contribution >= 4 is 15.9 Å². The minimum atomic E-state index is 0.571. The molecule has 1 nitrogen and oxygen atoms in total. The molecule has 3 rings (SSSR count). The predicted octanol–water partition coefficient (Wildman–Crippen LogP) is 4.02. The summed E-state index contributed by atoms with van der Waals surface area (Å²) in [5.74, 6) is 5.80. The molecule has 0 aromatic heterocycles. The highest BCUT2D eigenvalue weighted by molar-refractivity contribution is 9.09. The van der Waals surface area contributed by atoms with Crippen molar-refractivity contribution < 1.29 is 0 Å². The zero-order chi connectivity index (χ0) is 12.2. The summed E-state index contributed by atoms with van der Waals surface area (Å²) in [6, 6.07) is 0.789. The number of rotatable bonds is 0. The first-order chi connectivity index (χ1) is 8.08. The summed E-state index contributed by atoms with van der Waals surface area (Å²) in [5.41, 5.74) is 0. The molecule has 3 aliphatic rings. The van der Waals surface area contributed by atoms with Crippen molar-refractivity contribution in [1.29, 1.82) is 0 Å². The van der Waals surface area contributed by atoms with Crippen LogP contribution in [0.3, 0.4) is 0 Å². The average Bonchev–Trinajstić information content (AvgIpc) is 2.57. The summed E-state index contributed by atoms with van der Waals surface area (Å²) in [5, 5.41) is 3.81. The highest BCUT2D eigenvalue weighted by atomic mass is 79.9. The first-order valence-corrected chi connectivity index (χ1v) is 8.39. The summed E-state index contributed by atoms with van der Waals surface area (Å²) in [4.78, 5) is 0.571. The zero-order valence-electron chi connectivity index (χ0n) is 11.3. The van der Waals surface area contributed by atoms with E-state index in [0.717, 1.165) is 41.5 Å².